The fourth-order valence-corrected chi connectivity index (χ4v) is 2.67. The predicted octanol–water partition coefficient (Wildman–Crippen LogP) is 2.78. The molecule has 118 valence electrons. The summed E-state index contributed by atoms with van der Waals surface area (Å²) in [6, 6.07) is 8.32. The lowest BCUT2D eigenvalue weighted by molar-refractivity contribution is 0.111. The minimum Gasteiger partial charge on any atom is -0.491 e. The van der Waals surface area contributed by atoms with Crippen LogP contribution in [0.4, 0.5) is 5.69 Å². The molecule has 2 rings (SSSR count). The quantitative estimate of drug-likeness (QED) is 0.532. The molecule has 1 saturated carbocycles. The molecule has 1 aromatic carbocycles. The molecule has 0 spiro atoms. The third kappa shape index (κ3) is 5.21. The van der Waals surface area contributed by atoms with E-state index in [0.717, 1.165) is 37.8 Å². The Balaban J connectivity index is 1.72. The van der Waals surface area contributed by atoms with E-state index in [9.17, 15) is 0 Å². The van der Waals surface area contributed by atoms with Crippen LogP contribution in [0.25, 0.3) is 0 Å². The number of benzene rings is 1. The van der Waals surface area contributed by atoms with Gasteiger partial charge in [0.2, 0.25) is 0 Å². The molecule has 4 heteroatoms. The highest BCUT2D eigenvalue weighted by Gasteiger charge is 2.31. The highest BCUT2D eigenvalue weighted by Crippen LogP contribution is 2.35. The Bertz CT molecular complexity index is 421. The van der Waals surface area contributed by atoms with Gasteiger partial charge in [-0.05, 0) is 44.2 Å². The second-order valence-electron chi connectivity index (χ2n) is 5.85. The van der Waals surface area contributed by atoms with Crippen molar-refractivity contribution in [3.8, 4) is 5.75 Å². The van der Waals surface area contributed by atoms with Crippen molar-refractivity contribution < 1.29 is 9.47 Å². The largest absolute Gasteiger partial charge is 0.491 e. The number of nitrogens with two attached hydrogens (primary N) is 1. The van der Waals surface area contributed by atoms with E-state index in [1.807, 2.05) is 24.3 Å². The molecule has 1 fully saturated rings. The van der Waals surface area contributed by atoms with Gasteiger partial charge >= 0.3 is 0 Å². The summed E-state index contributed by atoms with van der Waals surface area (Å²) in [7, 11) is 1.77. The van der Waals surface area contributed by atoms with Gasteiger partial charge in [-0.15, -0.1) is 0 Å². The van der Waals surface area contributed by atoms with Crippen molar-refractivity contribution in [1.29, 1.82) is 0 Å². The monoisotopic (exact) mass is 292 g/mol. The molecule has 0 aromatic heterocycles. The topological polar surface area (TPSA) is 47.7 Å². The van der Waals surface area contributed by atoms with Gasteiger partial charge < -0.3 is 15.2 Å². The molecule has 1 aliphatic carbocycles. The summed E-state index contributed by atoms with van der Waals surface area (Å²) >= 11 is 0. The lowest BCUT2D eigenvalue weighted by atomic mass is 10.1. The second kappa shape index (κ2) is 8.25. The van der Waals surface area contributed by atoms with Gasteiger partial charge in [0.05, 0.1) is 18.9 Å². The molecule has 1 aliphatic rings. The van der Waals surface area contributed by atoms with Crippen molar-refractivity contribution in [1.82, 2.24) is 4.90 Å². The second-order valence-corrected chi connectivity index (χ2v) is 5.85. The number of nitrogen functional groups attached to an aromatic ring is 1. The molecule has 1 aromatic rings. The van der Waals surface area contributed by atoms with Gasteiger partial charge in [-0.3, -0.25) is 4.90 Å². The van der Waals surface area contributed by atoms with Crippen molar-refractivity contribution in [3.63, 3.8) is 0 Å². The maximum absolute atomic E-state index is 5.87. The smallest absolute Gasteiger partial charge is 0.142 e. The van der Waals surface area contributed by atoms with Crippen LogP contribution in [0.3, 0.4) is 0 Å². The molecule has 0 saturated heterocycles. The van der Waals surface area contributed by atoms with E-state index < -0.39 is 0 Å². The zero-order valence-corrected chi connectivity index (χ0v) is 13.3. The zero-order chi connectivity index (χ0) is 15.1. The molecule has 0 amide bonds. The molecule has 0 aliphatic heterocycles. The summed E-state index contributed by atoms with van der Waals surface area (Å²) in [6.07, 6.45) is 3.76. The average molecular weight is 292 g/mol. The van der Waals surface area contributed by atoms with Gasteiger partial charge in [0.15, 0.2) is 0 Å². The zero-order valence-electron chi connectivity index (χ0n) is 13.3. The first-order valence-corrected chi connectivity index (χ1v) is 7.92. The highest BCUT2D eigenvalue weighted by atomic mass is 16.5. The maximum atomic E-state index is 5.87. The van der Waals surface area contributed by atoms with E-state index >= 15 is 0 Å². The first kappa shape index (κ1) is 16.1. The van der Waals surface area contributed by atoms with Gasteiger partial charge in [0.1, 0.15) is 5.75 Å². The van der Waals surface area contributed by atoms with Gasteiger partial charge in [0.25, 0.3) is 0 Å². The van der Waals surface area contributed by atoms with Crippen LogP contribution in [-0.4, -0.2) is 44.4 Å². The van der Waals surface area contributed by atoms with E-state index in [-0.39, 0.29) is 0 Å². The van der Waals surface area contributed by atoms with Crippen molar-refractivity contribution in [2.45, 2.75) is 32.2 Å². The van der Waals surface area contributed by atoms with Crippen LogP contribution in [0.5, 0.6) is 5.75 Å². The number of ether oxygens (including phenoxy) is 2. The summed E-state index contributed by atoms with van der Waals surface area (Å²) in [4.78, 5) is 2.53. The SMILES string of the molecule is COCCN(CCCOc1ccccc1N)C(C)C1CC1. The number of para-hydroxylation sites is 2. The van der Waals surface area contributed by atoms with Crippen LogP contribution in [0.1, 0.15) is 26.2 Å². The summed E-state index contributed by atoms with van der Waals surface area (Å²) < 4.78 is 11.0. The minimum absolute atomic E-state index is 0.655. The summed E-state index contributed by atoms with van der Waals surface area (Å²) in [5.41, 5.74) is 6.58. The van der Waals surface area contributed by atoms with Crippen LogP contribution in [0.15, 0.2) is 24.3 Å². The van der Waals surface area contributed by atoms with E-state index in [4.69, 9.17) is 15.2 Å². The molecule has 1 unspecified atom stereocenters. The van der Waals surface area contributed by atoms with Gasteiger partial charge in [0, 0.05) is 26.2 Å². The fourth-order valence-electron chi connectivity index (χ4n) is 2.67. The van der Waals surface area contributed by atoms with E-state index in [1.54, 1.807) is 7.11 Å². The number of anilines is 1. The molecule has 0 bridgehead atoms. The third-order valence-electron chi connectivity index (χ3n) is 4.23. The highest BCUT2D eigenvalue weighted by molar-refractivity contribution is 5.51. The molecule has 21 heavy (non-hydrogen) atoms. The Labute approximate surface area is 128 Å². The van der Waals surface area contributed by atoms with Crippen LogP contribution >= 0.6 is 0 Å². The van der Waals surface area contributed by atoms with Crippen LogP contribution in [0.2, 0.25) is 0 Å². The minimum atomic E-state index is 0.655. The molecule has 4 nitrogen and oxygen atoms in total. The number of methoxy groups -OCH3 is 1. The molecule has 0 radical (unpaired) electrons. The molecular formula is C17H28N2O2. The number of hydrogen-bond donors (Lipinski definition) is 1. The normalized spacial score (nSPS) is 16.1. The van der Waals surface area contributed by atoms with Gasteiger partial charge in [-0.25, -0.2) is 0 Å². The Hall–Kier alpha value is -1.26. The fraction of sp³-hybridized carbons (Fsp3) is 0.647. The molecule has 2 N–H and O–H groups in total. The molecule has 0 heterocycles. The first-order chi connectivity index (χ1) is 10.2. The molecule has 1 atom stereocenters. The number of nitrogens with zero attached hydrogens (tertiary/aromatic N) is 1. The average Bonchev–Trinajstić information content (AvgIpc) is 3.32. The maximum Gasteiger partial charge on any atom is 0.142 e. The summed E-state index contributed by atoms with van der Waals surface area (Å²) in [6.45, 7) is 5.89. The van der Waals surface area contributed by atoms with Gasteiger partial charge in [-0.1, -0.05) is 12.1 Å². The third-order valence-corrected chi connectivity index (χ3v) is 4.23. The first-order valence-electron chi connectivity index (χ1n) is 7.92. The van der Waals surface area contributed by atoms with E-state index in [0.29, 0.717) is 18.3 Å². The van der Waals surface area contributed by atoms with Crippen LogP contribution in [0, 0.1) is 5.92 Å². The van der Waals surface area contributed by atoms with E-state index in [2.05, 4.69) is 11.8 Å². The van der Waals surface area contributed by atoms with Crippen molar-refractivity contribution >= 4 is 5.69 Å². The summed E-state index contributed by atoms with van der Waals surface area (Å²) in [5, 5.41) is 0. The number of rotatable bonds is 10. The number of hydrogen-bond acceptors (Lipinski definition) is 4. The lowest BCUT2D eigenvalue weighted by Gasteiger charge is -2.29. The van der Waals surface area contributed by atoms with E-state index in [1.165, 1.54) is 12.8 Å². The van der Waals surface area contributed by atoms with Crippen molar-refractivity contribution in [2.75, 3.05) is 39.1 Å². The van der Waals surface area contributed by atoms with Crippen LogP contribution in [-0.2, 0) is 4.74 Å². The Morgan fingerprint density at radius 3 is 2.67 bits per heavy atom. The van der Waals surface area contributed by atoms with Crippen molar-refractivity contribution in [3.05, 3.63) is 24.3 Å². The Kier molecular flexibility index (Phi) is 6.33. The Morgan fingerprint density at radius 1 is 1.24 bits per heavy atom. The lowest BCUT2D eigenvalue weighted by Crippen LogP contribution is -2.38. The van der Waals surface area contributed by atoms with Crippen molar-refractivity contribution in [2.24, 2.45) is 5.92 Å². The Morgan fingerprint density at radius 2 is 2.00 bits per heavy atom. The standard InChI is InChI=1S/C17H28N2O2/c1-14(15-8-9-15)19(11-13-20-2)10-5-12-21-17-7-4-3-6-16(17)18/h3-4,6-7,14-15H,5,8-13,18H2,1-2H3. The van der Waals surface area contributed by atoms with Gasteiger partial charge in [-0.2, -0.15) is 0 Å². The molecular weight excluding hydrogens is 264 g/mol. The predicted molar refractivity (Wildman–Crippen MR) is 86.6 cm³/mol. The van der Waals surface area contributed by atoms with Crippen LogP contribution < -0.4 is 10.5 Å². The summed E-state index contributed by atoms with van der Waals surface area (Å²) in [5.74, 6) is 1.67.